The highest BCUT2D eigenvalue weighted by atomic mass is 35.5. The van der Waals surface area contributed by atoms with Gasteiger partial charge in [-0.1, -0.05) is 35.0 Å². The van der Waals surface area contributed by atoms with Crippen molar-refractivity contribution in [1.29, 1.82) is 0 Å². The molecule has 1 unspecified atom stereocenters. The summed E-state index contributed by atoms with van der Waals surface area (Å²) < 4.78 is 7.92. The minimum atomic E-state index is -0.127. The van der Waals surface area contributed by atoms with E-state index in [2.05, 4.69) is 20.1 Å². The number of amides is 1. The number of thioether (sulfide) groups is 1. The number of ether oxygens (including phenoxy) is 1. The smallest absolute Gasteiger partial charge is 0.234 e. The van der Waals surface area contributed by atoms with Crippen molar-refractivity contribution in [3.63, 3.8) is 0 Å². The van der Waals surface area contributed by atoms with Gasteiger partial charge in [0.15, 0.2) is 5.16 Å². The van der Waals surface area contributed by atoms with E-state index >= 15 is 0 Å². The number of carbonyl (C=O) groups excluding carboxylic acids is 1. The summed E-state index contributed by atoms with van der Waals surface area (Å²) in [6.07, 6.45) is 4.69. The summed E-state index contributed by atoms with van der Waals surface area (Å²) in [7, 11) is 0. The minimum Gasteiger partial charge on any atom is -0.376 e. The van der Waals surface area contributed by atoms with Crippen LogP contribution in [0.1, 0.15) is 37.4 Å². The molecule has 1 aliphatic carbocycles. The molecule has 144 valence electrons. The lowest BCUT2D eigenvalue weighted by atomic mass is 10.2. The van der Waals surface area contributed by atoms with Crippen LogP contribution >= 0.6 is 35.0 Å². The summed E-state index contributed by atoms with van der Waals surface area (Å²) in [4.78, 5) is 12.3. The van der Waals surface area contributed by atoms with Crippen molar-refractivity contribution in [2.45, 2.75) is 49.4 Å². The Morgan fingerprint density at radius 2 is 2.11 bits per heavy atom. The lowest BCUT2D eigenvalue weighted by Gasteiger charge is -2.14. The van der Waals surface area contributed by atoms with Gasteiger partial charge in [0, 0.05) is 18.2 Å². The predicted molar refractivity (Wildman–Crippen MR) is 107 cm³/mol. The summed E-state index contributed by atoms with van der Waals surface area (Å²) >= 11 is 13.3. The summed E-state index contributed by atoms with van der Waals surface area (Å²) in [5.74, 6) is 1.64. The number of hydrogen-bond donors (Lipinski definition) is 1. The van der Waals surface area contributed by atoms with Gasteiger partial charge in [-0.05, 0) is 43.9 Å². The SMILES string of the molecule is O=C(CSc1nnc(C2CC2)n1CC1CCCO1)Nc1ccc(Cl)c(Cl)c1. The Hall–Kier alpha value is -1.28. The van der Waals surface area contributed by atoms with Gasteiger partial charge in [-0.25, -0.2) is 0 Å². The molecule has 6 nitrogen and oxygen atoms in total. The zero-order valence-corrected chi connectivity index (χ0v) is 17.0. The minimum absolute atomic E-state index is 0.127. The number of hydrogen-bond acceptors (Lipinski definition) is 5. The topological polar surface area (TPSA) is 69.0 Å². The van der Waals surface area contributed by atoms with E-state index in [1.54, 1.807) is 18.2 Å². The fourth-order valence-electron chi connectivity index (χ4n) is 3.11. The normalized spacial score (nSPS) is 19.4. The second-order valence-electron chi connectivity index (χ2n) is 6.83. The highest BCUT2D eigenvalue weighted by Gasteiger charge is 2.32. The Labute approximate surface area is 172 Å². The van der Waals surface area contributed by atoms with E-state index < -0.39 is 0 Å². The van der Waals surface area contributed by atoms with E-state index in [0.717, 1.165) is 49.8 Å². The lowest BCUT2D eigenvalue weighted by Crippen LogP contribution is -2.19. The van der Waals surface area contributed by atoms with Crippen LogP contribution in [0.3, 0.4) is 0 Å². The van der Waals surface area contributed by atoms with Gasteiger partial charge in [-0.15, -0.1) is 10.2 Å². The van der Waals surface area contributed by atoms with Crippen LogP contribution in [0.4, 0.5) is 5.69 Å². The van der Waals surface area contributed by atoms with Crippen molar-refractivity contribution >= 4 is 46.6 Å². The van der Waals surface area contributed by atoms with Crippen LogP contribution in [0, 0.1) is 0 Å². The van der Waals surface area contributed by atoms with Gasteiger partial charge in [-0.3, -0.25) is 4.79 Å². The van der Waals surface area contributed by atoms with E-state index in [9.17, 15) is 4.79 Å². The van der Waals surface area contributed by atoms with Crippen molar-refractivity contribution in [2.75, 3.05) is 17.7 Å². The Morgan fingerprint density at radius 1 is 1.26 bits per heavy atom. The van der Waals surface area contributed by atoms with E-state index in [0.29, 0.717) is 21.7 Å². The van der Waals surface area contributed by atoms with Gasteiger partial charge >= 0.3 is 0 Å². The van der Waals surface area contributed by atoms with E-state index in [1.807, 2.05) is 0 Å². The lowest BCUT2D eigenvalue weighted by molar-refractivity contribution is -0.113. The Bertz CT molecular complexity index is 835. The van der Waals surface area contributed by atoms with Crippen LogP contribution in [-0.2, 0) is 16.1 Å². The van der Waals surface area contributed by atoms with Gasteiger partial charge < -0.3 is 14.6 Å². The molecule has 2 aliphatic rings. The molecule has 1 atom stereocenters. The first-order valence-corrected chi connectivity index (χ1v) is 10.8. The molecule has 27 heavy (non-hydrogen) atoms. The molecular weight excluding hydrogens is 407 g/mol. The number of nitrogens with one attached hydrogen (secondary N) is 1. The second kappa shape index (κ2) is 8.39. The molecule has 1 aromatic carbocycles. The quantitative estimate of drug-likeness (QED) is 0.665. The maximum absolute atomic E-state index is 12.3. The first kappa shape index (κ1) is 19.1. The summed E-state index contributed by atoms with van der Waals surface area (Å²) in [6, 6.07) is 5.02. The van der Waals surface area contributed by atoms with Crippen LogP contribution in [-0.4, -0.2) is 39.1 Å². The zero-order valence-electron chi connectivity index (χ0n) is 14.7. The van der Waals surface area contributed by atoms with Gasteiger partial charge in [0.05, 0.1) is 28.4 Å². The standard InChI is InChI=1S/C18H20Cl2N4O2S/c19-14-6-5-12(8-15(14)20)21-16(25)10-27-18-23-22-17(11-3-4-11)24(18)9-13-2-1-7-26-13/h5-6,8,11,13H,1-4,7,9-10H2,(H,21,25). The molecule has 2 aromatic rings. The second-order valence-corrected chi connectivity index (χ2v) is 8.58. The molecule has 1 aliphatic heterocycles. The zero-order chi connectivity index (χ0) is 18.8. The van der Waals surface area contributed by atoms with Crippen molar-refractivity contribution in [3.8, 4) is 0 Å². The van der Waals surface area contributed by atoms with Crippen LogP contribution in [0.25, 0.3) is 0 Å². The molecular formula is C18H20Cl2N4O2S. The highest BCUT2D eigenvalue weighted by molar-refractivity contribution is 7.99. The molecule has 0 spiro atoms. The molecule has 4 rings (SSSR count). The number of halogens is 2. The first-order chi connectivity index (χ1) is 13.1. The summed E-state index contributed by atoms with van der Waals surface area (Å²) in [5, 5.41) is 13.2. The number of anilines is 1. The molecule has 0 bridgehead atoms. The summed E-state index contributed by atoms with van der Waals surface area (Å²) in [6.45, 7) is 1.58. The van der Waals surface area contributed by atoms with Crippen LogP contribution < -0.4 is 5.32 Å². The monoisotopic (exact) mass is 426 g/mol. The van der Waals surface area contributed by atoms with Gasteiger partial charge in [0.25, 0.3) is 0 Å². The fraction of sp³-hybridized carbons (Fsp3) is 0.500. The van der Waals surface area contributed by atoms with Crippen LogP contribution in [0.15, 0.2) is 23.4 Å². The van der Waals surface area contributed by atoms with Crippen molar-refractivity contribution in [1.82, 2.24) is 14.8 Å². The number of aromatic nitrogens is 3. The third-order valence-electron chi connectivity index (χ3n) is 4.63. The Balaban J connectivity index is 1.39. The largest absolute Gasteiger partial charge is 0.376 e. The van der Waals surface area contributed by atoms with Gasteiger partial charge in [0.1, 0.15) is 5.82 Å². The molecule has 1 N–H and O–H groups in total. The molecule has 2 fully saturated rings. The predicted octanol–water partition coefficient (Wildman–Crippen LogP) is 4.37. The fourth-order valence-corrected chi connectivity index (χ4v) is 4.17. The van der Waals surface area contributed by atoms with E-state index in [4.69, 9.17) is 27.9 Å². The highest BCUT2D eigenvalue weighted by Crippen LogP contribution is 2.40. The Morgan fingerprint density at radius 3 is 2.81 bits per heavy atom. The van der Waals surface area contributed by atoms with Gasteiger partial charge in [0.2, 0.25) is 5.91 Å². The van der Waals surface area contributed by atoms with Crippen molar-refractivity contribution in [3.05, 3.63) is 34.1 Å². The molecule has 1 amide bonds. The number of carbonyl (C=O) groups is 1. The number of rotatable bonds is 7. The molecule has 9 heteroatoms. The molecule has 1 saturated carbocycles. The van der Waals surface area contributed by atoms with E-state index in [1.165, 1.54) is 11.8 Å². The molecule has 0 radical (unpaired) electrons. The average Bonchev–Trinajstić information content (AvgIpc) is 3.21. The van der Waals surface area contributed by atoms with Crippen molar-refractivity contribution in [2.24, 2.45) is 0 Å². The summed E-state index contributed by atoms with van der Waals surface area (Å²) in [5.41, 5.74) is 0.620. The molecule has 1 aromatic heterocycles. The maximum atomic E-state index is 12.3. The average molecular weight is 427 g/mol. The van der Waals surface area contributed by atoms with E-state index in [-0.39, 0.29) is 17.8 Å². The van der Waals surface area contributed by atoms with Crippen LogP contribution in [0.2, 0.25) is 10.0 Å². The number of benzene rings is 1. The van der Waals surface area contributed by atoms with Crippen molar-refractivity contribution < 1.29 is 9.53 Å². The molecule has 1 saturated heterocycles. The third kappa shape index (κ3) is 4.77. The van der Waals surface area contributed by atoms with Crippen LogP contribution in [0.5, 0.6) is 0 Å². The molecule has 2 heterocycles. The maximum Gasteiger partial charge on any atom is 0.234 e. The Kier molecular flexibility index (Phi) is 5.92. The number of nitrogens with zero attached hydrogens (tertiary/aromatic N) is 3. The first-order valence-electron chi connectivity index (χ1n) is 9.02. The third-order valence-corrected chi connectivity index (χ3v) is 6.34. The van der Waals surface area contributed by atoms with Gasteiger partial charge in [-0.2, -0.15) is 0 Å².